The molecule has 3 aromatic carbocycles. The molecule has 0 spiro atoms. The third-order valence-corrected chi connectivity index (χ3v) is 9.70. The van der Waals surface area contributed by atoms with Crippen molar-refractivity contribution in [1.29, 1.82) is 0 Å². The number of hydrogen-bond acceptors (Lipinski definition) is 6. The fourth-order valence-corrected chi connectivity index (χ4v) is 6.21. The van der Waals surface area contributed by atoms with Gasteiger partial charge in [0.1, 0.15) is 24.2 Å². The van der Waals surface area contributed by atoms with E-state index in [2.05, 4.69) is 40.5 Å². The molecule has 47 heavy (non-hydrogen) atoms. The topological polar surface area (TPSA) is 123 Å². The number of nitrogens with zero attached hydrogens (tertiary/aromatic N) is 4. The summed E-state index contributed by atoms with van der Waals surface area (Å²) in [4.78, 5) is 27.6. The fraction of sp³-hybridized carbons (Fsp3) is 0.278. The molecule has 0 radical (unpaired) electrons. The highest BCUT2D eigenvalue weighted by Crippen LogP contribution is 2.34. The van der Waals surface area contributed by atoms with Crippen LogP contribution >= 0.6 is 0 Å². The second-order valence-corrected chi connectivity index (χ2v) is 18.4. The average Bonchev–Trinajstić information content (AvgIpc) is 3.64. The van der Waals surface area contributed by atoms with Gasteiger partial charge in [-0.25, -0.2) is 4.68 Å². The lowest BCUT2D eigenvalue weighted by molar-refractivity contribution is -0.118. The smallest absolute Gasteiger partial charge is 0.270 e. The Balaban J connectivity index is 1.40. The molecule has 1 atom stereocenters. The number of benzene rings is 3. The van der Waals surface area contributed by atoms with Gasteiger partial charge in [-0.3, -0.25) is 14.3 Å². The third-order valence-electron chi connectivity index (χ3n) is 8.00. The van der Waals surface area contributed by atoms with E-state index in [-0.39, 0.29) is 5.75 Å². The summed E-state index contributed by atoms with van der Waals surface area (Å²) >= 11 is 0. The van der Waals surface area contributed by atoms with Gasteiger partial charge in [0.25, 0.3) is 5.91 Å². The van der Waals surface area contributed by atoms with E-state index in [1.165, 1.54) is 16.9 Å². The second-order valence-electron chi connectivity index (χ2n) is 12.8. The van der Waals surface area contributed by atoms with E-state index >= 15 is 0 Å². The summed E-state index contributed by atoms with van der Waals surface area (Å²) in [5.41, 5.74) is 4.53. The molecule has 0 bridgehead atoms. The van der Waals surface area contributed by atoms with Gasteiger partial charge in [-0.05, 0) is 42.3 Å². The number of anilines is 1. The zero-order chi connectivity index (χ0) is 33.6. The van der Waals surface area contributed by atoms with Gasteiger partial charge in [0, 0.05) is 62.9 Å². The van der Waals surface area contributed by atoms with Crippen LogP contribution in [0.2, 0.25) is 25.7 Å². The molecule has 3 N–H and O–H groups in total. The largest absolute Gasteiger partial charge is 0.507 e. The summed E-state index contributed by atoms with van der Waals surface area (Å²) in [7, 11) is 0.482. The van der Waals surface area contributed by atoms with Gasteiger partial charge in [0.15, 0.2) is 0 Å². The predicted octanol–water partition coefficient (Wildman–Crippen LogP) is 6.18. The normalized spacial score (nSPS) is 12.2. The van der Waals surface area contributed by atoms with Gasteiger partial charge in [-0.1, -0.05) is 80.3 Å². The molecule has 5 rings (SSSR count). The van der Waals surface area contributed by atoms with Crippen LogP contribution in [0.15, 0.2) is 97.3 Å². The highest BCUT2D eigenvalue weighted by Gasteiger charge is 2.33. The van der Waals surface area contributed by atoms with Crippen molar-refractivity contribution in [2.45, 2.75) is 51.3 Å². The number of carbonyl (C=O) groups excluding carboxylic acids is 2. The molecule has 0 saturated heterocycles. The van der Waals surface area contributed by atoms with Crippen LogP contribution in [0.5, 0.6) is 5.75 Å². The number of phenolic OH excluding ortho intramolecular Hbond substituents is 1. The minimum Gasteiger partial charge on any atom is -0.507 e. The van der Waals surface area contributed by atoms with Crippen molar-refractivity contribution in [1.82, 2.24) is 24.9 Å². The lowest BCUT2D eigenvalue weighted by atomic mass is 9.84. The minimum absolute atomic E-state index is 0.0109. The molecule has 0 aliphatic rings. The number of amides is 2. The van der Waals surface area contributed by atoms with Gasteiger partial charge in [0.05, 0.1) is 5.69 Å². The van der Waals surface area contributed by atoms with Gasteiger partial charge < -0.3 is 20.5 Å². The fourth-order valence-electron chi connectivity index (χ4n) is 5.45. The van der Waals surface area contributed by atoms with Gasteiger partial charge in [-0.15, -0.1) is 0 Å². The highest BCUT2D eigenvalue weighted by atomic mass is 28.3. The molecule has 11 heteroatoms. The molecule has 0 fully saturated rings. The van der Waals surface area contributed by atoms with Gasteiger partial charge in [-0.2, -0.15) is 10.2 Å². The van der Waals surface area contributed by atoms with Gasteiger partial charge in [0.2, 0.25) is 5.91 Å². The number of hydrogen-bond donors (Lipinski definition) is 3. The van der Waals surface area contributed by atoms with E-state index in [0.29, 0.717) is 30.3 Å². The molecule has 244 valence electrons. The van der Waals surface area contributed by atoms with Crippen LogP contribution in [-0.4, -0.2) is 57.2 Å². The first-order valence-corrected chi connectivity index (χ1v) is 19.4. The molecule has 0 saturated carbocycles. The van der Waals surface area contributed by atoms with Crippen LogP contribution in [-0.2, 0) is 23.3 Å². The summed E-state index contributed by atoms with van der Waals surface area (Å²) in [6.45, 7) is 9.82. The number of rotatable bonds is 13. The predicted molar refractivity (Wildman–Crippen MR) is 186 cm³/mol. The molecular weight excluding hydrogens is 609 g/mol. The number of aryl methyl sites for hydroxylation is 2. The maximum absolute atomic E-state index is 14.1. The number of aromatic hydroxyl groups is 1. The molecule has 5 aromatic rings. The number of aromatic nitrogens is 4. The van der Waals surface area contributed by atoms with Crippen molar-refractivity contribution in [2.75, 3.05) is 11.9 Å². The van der Waals surface area contributed by atoms with Gasteiger partial charge >= 0.3 is 0 Å². The molecule has 0 aliphatic heterocycles. The minimum atomic E-state index is -1.19. The summed E-state index contributed by atoms with van der Waals surface area (Å²) in [6, 6.07) is 25.9. The molecule has 0 aliphatic carbocycles. The van der Waals surface area contributed by atoms with Crippen molar-refractivity contribution >= 4 is 25.6 Å². The Morgan fingerprint density at radius 1 is 0.936 bits per heavy atom. The lowest BCUT2D eigenvalue weighted by Gasteiger charge is -2.28. The molecule has 0 unspecified atom stereocenters. The third kappa shape index (κ3) is 8.43. The Morgan fingerprint density at radius 3 is 2.17 bits per heavy atom. The molecule has 2 heterocycles. The van der Waals surface area contributed by atoms with Crippen molar-refractivity contribution in [3.05, 3.63) is 120 Å². The van der Waals surface area contributed by atoms with E-state index in [9.17, 15) is 14.7 Å². The molecule has 10 nitrogen and oxygen atoms in total. The van der Waals surface area contributed by atoms with Crippen LogP contribution < -0.4 is 10.6 Å². The van der Waals surface area contributed by atoms with Crippen LogP contribution in [0.3, 0.4) is 0 Å². The van der Waals surface area contributed by atoms with Crippen LogP contribution in [0.25, 0.3) is 11.1 Å². The van der Waals surface area contributed by atoms with E-state index in [4.69, 9.17) is 4.74 Å². The van der Waals surface area contributed by atoms with Crippen LogP contribution in [0.4, 0.5) is 5.69 Å². The Hall–Kier alpha value is -5.00. The summed E-state index contributed by atoms with van der Waals surface area (Å²) in [5, 5.41) is 25.7. The first-order chi connectivity index (χ1) is 22.5. The SMILES string of the molecule is Cc1nn(COCC[Si](C)(C)C)cc1-c1ccc(NC(=O)[C@@H](NC(=O)c2ccnn2C)C(c2ccccc2)c2ccccc2)cc1O. The number of ether oxygens (including phenoxy) is 1. The molecule has 2 amide bonds. The number of carbonyl (C=O) groups is 2. The number of phenols is 1. The van der Waals surface area contributed by atoms with Crippen molar-refractivity contribution in [2.24, 2.45) is 7.05 Å². The Labute approximate surface area is 276 Å². The second kappa shape index (κ2) is 14.6. The zero-order valence-corrected chi connectivity index (χ0v) is 28.5. The zero-order valence-electron chi connectivity index (χ0n) is 27.5. The standard InChI is InChI=1S/C36H42N6O4Si/c1-25-30(23-42(40-25)24-46-20-21-47(3,4)5)29-17-16-28(22-32(29)43)38-36(45)34(39-35(44)31-18-19-37-41(31)2)33(26-12-8-6-9-13-26)27-14-10-7-11-15-27/h6-19,22-23,33-34,43H,20-21,24H2,1-5H3,(H,38,45)(H,39,44)/t34-/m0/s1. The van der Waals surface area contributed by atoms with Crippen molar-refractivity contribution in [3.8, 4) is 16.9 Å². The Kier molecular flexibility index (Phi) is 10.4. The number of nitrogens with one attached hydrogen (secondary N) is 2. The van der Waals surface area contributed by atoms with E-state index in [1.54, 1.807) is 29.9 Å². The van der Waals surface area contributed by atoms with Crippen molar-refractivity contribution < 1.29 is 19.4 Å². The molecule has 2 aromatic heterocycles. The summed E-state index contributed by atoms with van der Waals surface area (Å²) in [6.07, 6.45) is 3.39. The Morgan fingerprint density at radius 2 is 1.60 bits per heavy atom. The first kappa shape index (κ1) is 33.4. The quantitative estimate of drug-likeness (QED) is 0.103. The maximum atomic E-state index is 14.1. The van der Waals surface area contributed by atoms with Crippen LogP contribution in [0.1, 0.15) is 33.2 Å². The average molecular weight is 651 g/mol. The Bertz CT molecular complexity index is 1770. The van der Waals surface area contributed by atoms with Crippen molar-refractivity contribution in [3.63, 3.8) is 0 Å². The monoisotopic (exact) mass is 650 g/mol. The summed E-state index contributed by atoms with van der Waals surface area (Å²) < 4.78 is 9.04. The van der Waals surface area contributed by atoms with E-state index in [0.717, 1.165) is 28.4 Å². The first-order valence-electron chi connectivity index (χ1n) is 15.6. The highest BCUT2D eigenvalue weighted by molar-refractivity contribution is 6.76. The van der Waals surface area contributed by atoms with E-state index in [1.807, 2.05) is 73.8 Å². The van der Waals surface area contributed by atoms with E-state index < -0.39 is 31.8 Å². The molecular formula is C36H42N6O4Si. The van der Waals surface area contributed by atoms with Crippen LogP contribution in [0, 0.1) is 6.92 Å². The summed E-state index contributed by atoms with van der Waals surface area (Å²) in [5.74, 6) is -1.39. The lowest BCUT2D eigenvalue weighted by Crippen LogP contribution is -2.48. The maximum Gasteiger partial charge on any atom is 0.270 e.